The molecule has 0 aliphatic heterocycles. The molecule has 8 heteroatoms. The zero-order chi connectivity index (χ0) is 19.5. The Morgan fingerprint density at radius 2 is 1.93 bits per heavy atom. The molecule has 0 saturated carbocycles. The minimum Gasteiger partial charge on any atom is -0.486 e. The van der Waals surface area contributed by atoms with Crippen LogP contribution >= 0.6 is 24.0 Å². The number of amides is 1. The lowest BCUT2D eigenvalue weighted by atomic mass is 10.2. The standard InChI is InChI=1S/C19H31FN4O2.HI/c1-6-14(3)23-19(22-13-18(25)24(4)5)21-12-15(7-2)26-17-11-9-8-10-16(17)20;/h8-11,14-15H,6-7,12-13H2,1-5H3,(H2,21,22,23);1H. The fraction of sp³-hybridized carbons (Fsp3) is 0.579. The van der Waals surface area contributed by atoms with Gasteiger partial charge in [-0.3, -0.25) is 4.79 Å². The van der Waals surface area contributed by atoms with E-state index in [9.17, 15) is 9.18 Å². The molecule has 0 aromatic heterocycles. The number of para-hydroxylation sites is 1. The highest BCUT2D eigenvalue weighted by Crippen LogP contribution is 2.17. The maximum Gasteiger partial charge on any atom is 0.243 e. The minimum atomic E-state index is -0.380. The highest BCUT2D eigenvalue weighted by molar-refractivity contribution is 14.0. The second-order valence-electron chi connectivity index (χ2n) is 6.37. The second-order valence-corrected chi connectivity index (χ2v) is 6.37. The van der Waals surface area contributed by atoms with E-state index in [2.05, 4.69) is 22.5 Å². The van der Waals surface area contributed by atoms with Gasteiger partial charge in [-0.1, -0.05) is 26.0 Å². The molecule has 1 rings (SSSR count). The summed E-state index contributed by atoms with van der Waals surface area (Å²) in [6.07, 6.45) is 1.40. The van der Waals surface area contributed by atoms with E-state index < -0.39 is 0 Å². The molecule has 2 N–H and O–H groups in total. The Balaban J connectivity index is 0.00000676. The number of likely N-dealkylation sites (N-methyl/N-ethyl adjacent to an activating group) is 1. The van der Waals surface area contributed by atoms with Crippen molar-refractivity contribution in [3.8, 4) is 5.75 Å². The SMILES string of the molecule is CCC(C)NC(=NCC(=O)N(C)C)NCC(CC)Oc1ccccc1F.I. The molecule has 2 unspecified atom stereocenters. The summed E-state index contributed by atoms with van der Waals surface area (Å²) >= 11 is 0. The minimum absolute atomic E-state index is 0. The maximum atomic E-state index is 13.8. The van der Waals surface area contributed by atoms with Crippen molar-refractivity contribution in [2.75, 3.05) is 27.2 Å². The van der Waals surface area contributed by atoms with E-state index in [-0.39, 0.29) is 60.1 Å². The van der Waals surface area contributed by atoms with Crippen LogP contribution in [0.25, 0.3) is 0 Å². The van der Waals surface area contributed by atoms with Crippen molar-refractivity contribution >= 4 is 35.8 Å². The number of hydrogen-bond donors (Lipinski definition) is 2. The lowest BCUT2D eigenvalue weighted by Gasteiger charge is -2.22. The van der Waals surface area contributed by atoms with Crippen molar-refractivity contribution in [1.29, 1.82) is 0 Å². The average Bonchev–Trinajstić information content (AvgIpc) is 2.63. The molecule has 1 aromatic rings. The van der Waals surface area contributed by atoms with Gasteiger partial charge in [-0.2, -0.15) is 0 Å². The highest BCUT2D eigenvalue weighted by atomic mass is 127. The third-order valence-electron chi connectivity index (χ3n) is 3.95. The smallest absolute Gasteiger partial charge is 0.243 e. The van der Waals surface area contributed by atoms with E-state index in [4.69, 9.17) is 4.74 Å². The Morgan fingerprint density at radius 1 is 1.26 bits per heavy atom. The monoisotopic (exact) mass is 494 g/mol. The van der Waals surface area contributed by atoms with Crippen molar-refractivity contribution < 1.29 is 13.9 Å². The van der Waals surface area contributed by atoms with Gasteiger partial charge in [-0.25, -0.2) is 9.38 Å². The maximum absolute atomic E-state index is 13.8. The van der Waals surface area contributed by atoms with Gasteiger partial charge < -0.3 is 20.3 Å². The summed E-state index contributed by atoms with van der Waals surface area (Å²) in [5.41, 5.74) is 0. The Morgan fingerprint density at radius 3 is 2.48 bits per heavy atom. The number of benzene rings is 1. The van der Waals surface area contributed by atoms with Crippen LogP contribution in [-0.2, 0) is 4.79 Å². The van der Waals surface area contributed by atoms with Crippen molar-refractivity contribution in [3.05, 3.63) is 30.1 Å². The fourth-order valence-electron chi connectivity index (χ4n) is 1.98. The number of nitrogens with one attached hydrogen (secondary N) is 2. The van der Waals surface area contributed by atoms with Crippen LogP contribution in [0.3, 0.4) is 0 Å². The van der Waals surface area contributed by atoms with Gasteiger partial charge in [-0.15, -0.1) is 24.0 Å². The Bertz CT molecular complexity index is 599. The van der Waals surface area contributed by atoms with E-state index in [0.29, 0.717) is 18.9 Å². The quantitative estimate of drug-likeness (QED) is 0.315. The molecule has 6 nitrogen and oxygen atoms in total. The Kier molecular flexibility index (Phi) is 12.8. The van der Waals surface area contributed by atoms with Gasteiger partial charge in [0.15, 0.2) is 17.5 Å². The number of carbonyl (C=O) groups excluding carboxylic acids is 1. The summed E-state index contributed by atoms with van der Waals surface area (Å²) < 4.78 is 19.5. The molecule has 1 aromatic carbocycles. The summed E-state index contributed by atoms with van der Waals surface area (Å²) in [5.74, 6) is 0.321. The van der Waals surface area contributed by atoms with Crippen molar-refractivity contribution in [1.82, 2.24) is 15.5 Å². The van der Waals surface area contributed by atoms with Gasteiger partial charge in [0, 0.05) is 20.1 Å². The average molecular weight is 494 g/mol. The van der Waals surface area contributed by atoms with Crippen LogP contribution in [0.1, 0.15) is 33.6 Å². The highest BCUT2D eigenvalue weighted by Gasteiger charge is 2.13. The first kappa shape index (κ1) is 25.4. The third kappa shape index (κ3) is 9.78. The lowest BCUT2D eigenvalue weighted by Crippen LogP contribution is -2.46. The molecule has 0 aliphatic carbocycles. The van der Waals surface area contributed by atoms with Crippen LogP contribution < -0.4 is 15.4 Å². The van der Waals surface area contributed by atoms with Gasteiger partial charge >= 0.3 is 0 Å². The molecule has 154 valence electrons. The number of rotatable bonds is 9. The largest absolute Gasteiger partial charge is 0.486 e. The fourth-order valence-corrected chi connectivity index (χ4v) is 1.98. The van der Waals surface area contributed by atoms with E-state index in [1.807, 2.05) is 13.8 Å². The zero-order valence-corrected chi connectivity index (χ0v) is 19.1. The topological polar surface area (TPSA) is 66.0 Å². The van der Waals surface area contributed by atoms with Crippen LogP contribution in [0.15, 0.2) is 29.3 Å². The Hall–Kier alpha value is -1.58. The van der Waals surface area contributed by atoms with E-state index in [1.165, 1.54) is 11.0 Å². The van der Waals surface area contributed by atoms with Gasteiger partial charge in [0.2, 0.25) is 5.91 Å². The first-order valence-corrected chi connectivity index (χ1v) is 9.03. The van der Waals surface area contributed by atoms with E-state index in [0.717, 1.165) is 6.42 Å². The molecule has 0 radical (unpaired) electrons. The van der Waals surface area contributed by atoms with Crippen LogP contribution in [0.5, 0.6) is 5.75 Å². The number of ether oxygens (including phenoxy) is 1. The number of aliphatic imine (C=N–C) groups is 1. The summed E-state index contributed by atoms with van der Waals surface area (Å²) in [4.78, 5) is 17.6. The van der Waals surface area contributed by atoms with Gasteiger partial charge in [0.25, 0.3) is 0 Å². The molecule has 1 amide bonds. The zero-order valence-electron chi connectivity index (χ0n) is 16.8. The molecule has 0 saturated heterocycles. The molecule has 0 heterocycles. The molecule has 0 bridgehead atoms. The van der Waals surface area contributed by atoms with Gasteiger partial charge in [0.1, 0.15) is 12.6 Å². The number of nitrogens with zero attached hydrogens (tertiary/aromatic N) is 2. The molecule has 0 fully saturated rings. The van der Waals surface area contributed by atoms with Crippen molar-refractivity contribution in [2.45, 2.75) is 45.8 Å². The van der Waals surface area contributed by atoms with Crippen LogP contribution in [-0.4, -0.2) is 56.1 Å². The van der Waals surface area contributed by atoms with Crippen molar-refractivity contribution in [2.24, 2.45) is 4.99 Å². The molecule has 27 heavy (non-hydrogen) atoms. The number of hydrogen-bond acceptors (Lipinski definition) is 3. The predicted molar refractivity (Wildman–Crippen MR) is 118 cm³/mol. The van der Waals surface area contributed by atoms with E-state index in [1.54, 1.807) is 32.3 Å². The number of guanidine groups is 1. The van der Waals surface area contributed by atoms with Crippen molar-refractivity contribution in [3.63, 3.8) is 0 Å². The molecular weight excluding hydrogens is 462 g/mol. The number of halogens is 2. The summed E-state index contributed by atoms with van der Waals surface area (Å²) in [6, 6.07) is 6.57. The lowest BCUT2D eigenvalue weighted by molar-refractivity contribution is -0.127. The first-order valence-electron chi connectivity index (χ1n) is 9.03. The Labute approximate surface area is 179 Å². The molecule has 0 aliphatic rings. The van der Waals surface area contributed by atoms with Gasteiger partial charge in [-0.05, 0) is 31.9 Å². The first-order chi connectivity index (χ1) is 12.4. The van der Waals surface area contributed by atoms with E-state index >= 15 is 0 Å². The predicted octanol–water partition coefficient (Wildman–Crippen LogP) is 3.02. The molecule has 0 spiro atoms. The van der Waals surface area contributed by atoms with Crippen LogP contribution in [0.4, 0.5) is 4.39 Å². The summed E-state index contributed by atoms with van der Waals surface area (Å²) in [7, 11) is 3.39. The number of carbonyl (C=O) groups is 1. The second kappa shape index (κ2) is 13.6. The van der Waals surface area contributed by atoms with Gasteiger partial charge in [0.05, 0.1) is 6.54 Å². The summed E-state index contributed by atoms with van der Waals surface area (Å²) in [5, 5.41) is 6.44. The summed E-state index contributed by atoms with van der Waals surface area (Å²) in [6.45, 7) is 6.59. The molecular formula is C19H32FIN4O2. The van der Waals surface area contributed by atoms with Crippen LogP contribution in [0, 0.1) is 5.82 Å². The normalized spacial score (nSPS) is 13.2. The third-order valence-corrected chi connectivity index (χ3v) is 3.95. The van der Waals surface area contributed by atoms with Crippen LogP contribution in [0.2, 0.25) is 0 Å². The molecule has 2 atom stereocenters.